The van der Waals surface area contributed by atoms with Crippen LogP contribution in [-0.4, -0.2) is 9.61 Å². The molecule has 0 unspecified atom stereocenters. The molecule has 1 aliphatic carbocycles. The summed E-state index contributed by atoms with van der Waals surface area (Å²) in [5.41, 5.74) is 14.5. The van der Waals surface area contributed by atoms with E-state index in [9.17, 15) is 0 Å². The van der Waals surface area contributed by atoms with Gasteiger partial charge in [0, 0.05) is 71.7 Å². The number of nitrogens with zero attached hydrogens (tertiary/aromatic N) is 4. The van der Waals surface area contributed by atoms with Gasteiger partial charge in [-0.1, -0.05) is 145 Å². The second kappa shape index (κ2) is 14.5. The monoisotopic (exact) mass is 986 g/mol. The number of fused-ring (bicyclic) bond motifs is 4. The van der Waals surface area contributed by atoms with Crippen LogP contribution in [0, 0.1) is 18.8 Å². The maximum absolute atomic E-state index is 6.66. The maximum atomic E-state index is 6.66. The summed E-state index contributed by atoms with van der Waals surface area (Å²) in [5, 5.41) is 8.60. The Labute approximate surface area is 378 Å². The molecule has 3 heterocycles. The molecule has 7 aromatic carbocycles. The molecular formula is C56H47N4OPt-3. The van der Waals surface area contributed by atoms with Gasteiger partial charge in [0.05, 0.1) is 11.7 Å². The molecule has 6 heteroatoms. The molecule has 5 nitrogen and oxygen atoms in total. The van der Waals surface area contributed by atoms with Crippen LogP contribution >= 0.6 is 0 Å². The zero-order valence-corrected chi connectivity index (χ0v) is 38.3. The molecule has 0 saturated carbocycles. The summed E-state index contributed by atoms with van der Waals surface area (Å²) < 4.78 is 8.73. The standard InChI is InChI=1S/C56H47N4O.Pt/c1-54(2,3)38-30-44(36-18-10-8-11-19-36)52(45(31-38)37-20-12-9-13-21-37)59-35-58(48-26-14-15-27-49(48)59)39-22-16-23-40(32-39)61-41-28-29-42-43-24-17-25-46-51(43)53-47(56(6,7)55(46,4)5)34-57-60(53)50(42)33-41;/h8-31,34-35H,1-7H3;/q-3;. The first-order valence-electron chi connectivity index (χ1n) is 21.2. The van der Waals surface area contributed by atoms with Crippen molar-refractivity contribution in [2.45, 2.75) is 64.7 Å². The number of rotatable bonds is 6. The number of ether oxygens (including phenoxy) is 1. The van der Waals surface area contributed by atoms with Gasteiger partial charge >= 0.3 is 0 Å². The summed E-state index contributed by atoms with van der Waals surface area (Å²) in [6.45, 7) is 18.5. The van der Waals surface area contributed by atoms with E-state index in [2.05, 4.69) is 215 Å². The van der Waals surface area contributed by atoms with Crippen LogP contribution in [0.2, 0.25) is 0 Å². The third-order valence-electron chi connectivity index (χ3n) is 13.6. The van der Waals surface area contributed by atoms with Gasteiger partial charge < -0.3 is 14.5 Å². The van der Waals surface area contributed by atoms with E-state index in [1.54, 1.807) is 0 Å². The van der Waals surface area contributed by atoms with Crippen molar-refractivity contribution < 1.29 is 25.8 Å². The minimum Gasteiger partial charge on any atom is -0.509 e. The van der Waals surface area contributed by atoms with Gasteiger partial charge in [-0.25, -0.2) is 0 Å². The first-order valence-corrected chi connectivity index (χ1v) is 21.2. The molecule has 9 aromatic rings. The Balaban J connectivity index is 0.00000458. The molecule has 0 spiro atoms. The number of pyridine rings is 1. The molecule has 1 aliphatic heterocycles. The van der Waals surface area contributed by atoms with Crippen LogP contribution in [0.5, 0.6) is 11.5 Å². The van der Waals surface area contributed by atoms with Crippen molar-refractivity contribution in [3.05, 3.63) is 187 Å². The zero-order valence-electron chi connectivity index (χ0n) is 36.0. The quantitative estimate of drug-likeness (QED) is 0.123. The summed E-state index contributed by atoms with van der Waals surface area (Å²) in [4.78, 5) is 4.56. The first-order chi connectivity index (χ1) is 29.4. The van der Waals surface area contributed by atoms with Crippen LogP contribution in [0.4, 0.5) is 22.7 Å². The van der Waals surface area contributed by atoms with E-state index < -0.39 is 0 Å². The second-order valence-corrected chi connectivity index (χ2v) is 18.6. The molecule has 0 fully saturated rings. The van der Waals surface area contributed by atoms with Crippen LogP contribution in [0.25, 0.3) is 49.4 Å². The molecule has 310 valence electrons. The van der Waals surface area contributed by atoms with E-state index in [0.29, 0.717) is 11.5 Å². The minimum atomic E-state index is -0.115. The third-order valence-corrected chi connectivity index (χ3v) is 13.6. The predicted molar refractivity (Wildman–Crippen MR) is 251 cm³/mol. The molecular weight excluding hydrogens is 940 g/mol. The van der Waals surface area contributed by atoms with Gasteiger partial charge in [-0.2, -0.15) is 17.2 Å². The van der Waals surface area contributed by atoms with Crippen LogP contribution in [-0.2, 0) is 37.3 Å². The van der Waals surface area contributed by atoms with Crippen molar-refractivity contribution >= 4 is 49.9 Å². The van der Waals surface area contributed by atoms with E-state index in [4.69, 9.17) is 9.84 Å². The largest absolute Gasteiger partial charge is 0.509 e. The van der Waals surface area contributed by atoms with Crippen molar-refractivity contribution in [2.75, 3.05) is 9.80 Å². The molecule has 62 heavy (non-hydrogen) atoms. The molecule has 0 amide bonds. The van der Waals surface area contributed by atoms with Gasteiger partial charge in [0.15, 0.2) is 0 Å². The van der Waals surface area contributed by atoms with Gasteiger partial charge in [-0.3, -0.25) is 4.52 Å². The summed E-state index contributed by atoms with van der Waals surface area (Å²) in [6, 6.07) is 59.1. The molecule has 2 aromatic heterocycles. The summed E-state index contributed by atoms with van der Waals surface area (Å²) in [7, 11) is 0. The SMILES string of the molecule is CC(C)(C)c1cc(-c2ccccc2)c(N2[CH-]N(c3[c-]c(Oc4[c-]c5c(cc4)c4cccc6c4c4c(cnn54)C(C)(C)C6(C)C)ccc3)c3ccccc32)c(-c2ccccc2)c1.[Pt]. The molecule has 0 atom stereocenters. The van der Waals surface area contributed by atoms with E-state index in [0.717, 1.165) is 39.2 Å². The Morgan fingerprint density at radius 3 is 1.85 bits per heavy atom. The topological polar surface area (TPSA) is 33.0 Å². The predicted octanol–water partition coefficient (Wildman–Crippen LogP) is 14.6. The Kier molecular flexibility index (Phi) is 9.32. The van der Waals surface area contributed by atoms with E-state index in [1.165, 1.54) is 49.7 Å². The van der Waals surface area contributed by atoms with Gasteiger partial charge in [0.25, 0.3) is 0 Å². The Morgan fingerprint density at radius 1 is 0.597 bits per heavy atom. The number of anilines is 4. The van der Waals surface area contributed by atoms with Crippen LogP contribution in [0.15, 0.2) is 152 Å². The van der Waals surface area contributed by atoms with Crippen molar-refractivity contribution in [2.24, 2.45) is 0 Å². The second-order valence-electron chi connectivity index (χ2n) is 18.6. The fraction of sp³-hybridized carbons (Fsp3) is 0.179. The molecule has 0 bridgehead atoms. The van der Waals surface area contributed by atoms with E-state index in [1.807, 2.05) is 18.2 Å². The van der Waals surface area contributed by atoms with Crippen LogP contribution < -0.4 is 14.5 Å². The van der Waals surface area contributed by atoms with Gasteiger partial charge in [-0.05, 0) is 68.3 Å². The number of aromatic nitrogens is 2. The van der Waals surface area contributed by atoms with E-state index >= 15 is 0 Å². The summed E-state index contributed by atoms with van der Waals surface area (Å²) in [5.74, 6) is 1.21. The van der Waals surface area contributed by atoms with Crippen molar-refractivity contribution in [1.29, 1.82) is 0 Å². The number of para-hydroxylation sites is 2. The Morgan fingerprint density at radius 2 is 1.19 bits per heavy atom. The molecule has 11 rings (SSSR count). The number of benzene rings is 7. The molecule has 0 saturated heterocycles. The summed E-state index contributed by atoms with van der Waals surface area (Å²) in [6.07, 6.45) is 2.06. The summed E-state index contributed by atoms with van der Waals surface area (Å²) >= 11 is 0. The zero-order chi connectivity index (χ0) is 41.8. The van der Waals surface area contributed by atoms with Crippen molar-refractivity contribution in [3.63, 3.8) is 0 Å². The fourth-order valence-corrected chi connectivity index (χ4v) is 9.59. The van der Waals surface area contributed by atoms with Crippen LogP contribution in [0.3, 0.4) is 0 Å². The normalized spacial score (nSPS) is 15.0. The van der Waals surface area contributed by atoms with Crippen molar-refractivity contribution in [3.8, 4) is 33.8 Å². The average molecular weight is 987 g/mol. The fourth-order valence-electron chi connectivity index (χ4n) is 9.59. The molecule has 2 aliphatic rings. The van der Waals surface area contributed by atoms with E-state index in [-0.39, 0.29) is 37.3 Å². The van der Waals surface area contributed by atoms with Gasteiger partial charge in [-0.15, -0.1) is 48.1 Å². The maximum Gasteiger partial charge on any atom is 0.0752 e. The average Bonchev–Trinajstić information content (AvgIpc) is 3.90. The van der Waals surface area contributed by atoms with Crippen molar-refractivity contribution in [1.82, 2.24) is 9.61 Å². The Bertz CT molecular complexity index is 3140. The van der Waals surface area contributed by atoms with Gasteiger partial charge in [0.2, 0.25) is 0 Å². The Hall–Kier alpha value is -6.16. The number of hydrogen-bond donors (Lipinski definition) is 0. The van der Waals surface area contributed by atoms with Gasteiger partial charge in [0.1, 0.15) is 0 Å². The third kappa shape index (κ3) is 6.03. The smallest absolute Gasteiger partial charge is 0.0752 e. The molecule has 0 N–H and O–H groups in total. The molecule has 0 radical (unpaired) electrons. The number of hydrogen-bond acceptors (Lipinski definition) is 4. The first kappa shape index (κ1) is 39.9. The minimum absolute atomic E-state index is 0. The van der Waals surface area contributed by atoms with Crippen LogP contribution in [0.1, 0.15) is 65.2 Å².